The Balaban J connectivity index is 1.82. The lowest BCUT2D eigenvalue weighted by molar-refractivity contribution is 0.661. The van der Waals surface area contributed by atoms with Crippen LogP contribution in [0.5, 0.6) is 0 Å². The summed E-state index contributed by atoms with van der Waals surface area (Å²) in [5.74, 6) is 0.931. The summed E-state index contributed by atoms with van der Waals surface area (Å²) in [6, 6.07) is 4.27. The van der Waals surface area contributed by atoms with Crippen LogP contribution in [0.3, 0.4) is 0 Å². The molecule has 0 unspecified atom stereocenters. The molecule has 20 heavy (non-hydrogen) atoms. The molecule has 5 heteroatoms. The van der Waals surface area contributed by atoms with Crippen LogP contribution in [0.4, 0.5) is 5.82 Å². The minimum absolute atomic E-state index is 0.792. The molecule has 0 aromatic carbocycles. The lowest BCUT2D eigenvalue weighted by Crippen LogP contribution is -2.22. The van der Waals surface area contributed by atoms with Gasteiger partial charge in [-0.2, -0.15) is 0 Å². The van der Waals surface area contributed by atoms with Gasteiger partial charge in [-0.25, -0.2) is 4.98 Å². The first-order valence-corrected chi connectivity index (χ1v) is 7.92. The number of hydrogen-bond donors (Lipinski definition) is 1. The van der Waals surface area contributed by atoms with Crippen molar-refractivity contribution in [3.63, 3.8) is 0 Å². The molecule has 0 aliphatic heterocycles. The number of hydrogen-bond acceptors (Lipinski definition) is 5. The minimum Gasteiger partial charge on any atom is -0.358 e. The maximum Gasteiger partial charge on any atom is 0.146 e. The van der Waals surface area contributed by atoms with Gasteiger partial charge >= 0.3 is 0 Å². The van der Waals surface area contributed by atoms with Gasteiger partial charge in [-0.1, -0.05) is 13.0 Å². The molecule has 1 N–H and O–H groups in total. The molecular weight excluding hydrogens is 268 g/mol. The number of thiophene rings is 1. The second kappa shape index (κ2) is 7.97. The Bertz CT molecular complexity index is 481. The summed E-state index contributed by atoms with van der Waals surface area (Å²) in [4.78, 5) is 12.5. The van der Waals surface area contributed by atoms with Gasteiger partial charge in [-0.05, 0) is 30.8 Å². The van der Waals surface area contributed by atoms with E-state index in [4.69, 9.17) is 0 Å². The lowest BCUT2D eigenvalue weighted by atomic mass is 10.3. The van der Waals surface area contributed by atoms with Gasteiger partial charge in [0.2, 0.25) is 0 Å². The van der Waals surface area contributed by atoms with Gasteiger partial charge in [0.1, 0.15) is 5.82 Å². The Kier molecular flexibility index (Phi) is 5.95. The first-order valence-electron chi connectivity index (χ1n) is 7.04. The molecule has 0 spiro atoms. The number of nitrogens with zero attached hydrogens (tertiary/aromatic N) is 3. The summed E-state index contributed by atoms with van der Waals surface area (Å²) >= 11 is 1.80. The number of nitrogens with one attached hydrogen (secondary N) is 1. The Hall–Kier alpha value is -1.46. The zero-order valence-corrected chi connectivity index (χ0v) is 13.0. The number of likely N-dealkylation sites (N-methyl/N-ethyl adjacent to an activating group) is 1. The van der Waals surface area contributed by atoms with E-state index in [0.29, 0.717) is 0 Å². The predicted molar refractivity (Wildman–Crippen MR) is 85.3 cm³/mol. The molecule has 0 aliphatic carbocycles. The van der Waals surface area contributed by atoms with E-state index in [1.165, 1.54) is 4.88 Å². The van der Waals surface area contributed by atoms with E-state index in [0.717, 1.165) is 44.0 Å². The van der Waals surface area contributed by atoms with Gasteiger partial charge in [-0.3, -0.25) is 4.98 Å². The second-order valence-electron chi connectivity index (χ2n) is 4.79. The zero-order chi connectivity index (χ0) is 14.2. The second-order valence-corrected chi connectivity index (χ2v) is 5.83. The van der Waals surface area contributed by atoms with Crippen molar-refractivity contribution in [3.8, 4) is 0 Å². The van der Waals surface area contributed by atoms with Gasteiger partial charge in [-0.15, -0.1) is 11.3 Å². The molecular formula is C15H22N4S. The average Bonchev–Trinajstić information content (AvgIpc) is 2.99. The van der Waals surface area contributed by atoms with Crippen molar-refractivity contribution in [1.82, 2.24) is 15.3 Å². The van der Waals surface area contributed by atoms with Crippen LogP contribution in [0.25, 0.3) is 0 Å². The topological polar surface area (TPSA) is 41.1 Å². The smallest absolute Gasteiger partial charge is 0.146 e. The normalized spacial score (nSPS) is 10.7. The van der Waals surface area contributed by atoms with Crippen LogP contribution in [0, 0.1) is 0 Å². The van der Waals surface area contributed by atoms with Crippen molar-refractivity contribution in [2.45, 2.75) is 26.3 Å². The summed E-state index contributed by atoms with van der Waals surface area (Å²) in [5.41, 5.74) is 0.994. The van der Waals surface area contributed by atoms with Crippen LogP contribution in [-0.2, 0) is 13.0 Å². The molecule has 0 saturated carbocycles. The maximum atomic E-state index is 4.48. The van der Waals surface area contributed by atoms with E-state index >= 15 is 0 Å². The molecule has 4 nitrogen and oxygen atoms in total. The molecule has 2 rings (SSSR count). The van der Waals surface area contributed by atoms with Crippen LogP contribution in [0.1, 0.15) is 23.9 Å². The number of anilines is 1. The van der Waals surface area contributed by atoms with Crippen molar-refractivity contribution in [3.05, 3.63) is 40.5 Å². The highest BCUT2D eigenvalue weighted by Crippen LogP contribution is 2.12. The van der Waals surface area contributed by atoms with Crippen LogP contribution < -0.4 is 10.2 Å². The van der Waals surface area contributed by atoms with Crippen molar-refractivity contribution < 1.29 is 0 Å². The monoisotopic (exact) mass is 290 g/mol. The summed E-state index contributed by atoms with van der Waals surface area (Å²) in [7, 11) is 2.06. The molecule has 0 aliphatic rings. The molecule has 108 valence electrons. The SMILES string of the molecule is CCCNCc1cnc(N(C)CCc2cccs2)cn1. The van der Waals surface area contributed by atoms with Crippen LogP contribution >= 0.6 is 11.3 Å². The van der Waals surface area contributed by atoms with Gasteiger partial charge in [0.05, 0.1) is 18.1 Å². The molecule has 0 atom stereocenters. The number of rotatable bonds is 8. The molecule has 0 bridgehead atoms. The minimum atomic E-state index is 0.792. The van der Waals surface area contributed by atoms with Crippen molar-refractivity contribution >= 4 is 17.2 Å². The third kappa shape index (κ3) is 4.58. The summed E-state index contributed by atoms with van der Waals surface area (Å²) in [5, 5.41) is 5.45. The zero-order valence-electron chi connectivity index (χ0n) is 12.2. The Morgan fingerprint density at radius 3 is 2.85 bits per heavy atom. The van der Waals surface area contributed by atoms with Gasteiger partial charge in [0.15, 0.2) is 0 Å². The standard InChI is InChI=1S/C15H22N4S/c1-3-7-16-10-13-11-18-15(12-17-13)19(2)8-6-14-5-4-9-20-14/h4-5,9,11-12,16H,3,6-8,10H2,1-2H3. The van der Waals surface area contributed by atoms with Crippen molar-refractivity contribution in [2.24, 2.45) is 0 Å². The summed E-state index contributed by atoms with van der Waals surface area (Å²) in [6.07, 6.45) is 5.91. The third-order valence-electron chi connectivity index (χ3n) is 3.09. The summed E-state index contributed by atoms with van der Waals surface area (Å²) in [6.45, 7) is 4.93. The largest absolute Gasteiger partial charge is 0.358 e. The van der Waals surface area contributed by atoms with Crippen molar-refractivity contribution in [1.29, 1.82) is 0 Å². The van der Waals surface area contributed by atoms with E-state index in [-0.39, 0.29) is 0 Å². The van der Waals surface area contributed by atoms with Crippen LogP contribution in [-0.4, -0.2) is 30.1 Å². The van der Waals surface area contributed by atoms with E-state index in [2.05, 4.69) is 51.7 Å². The maximum absolute atomic E-state index is 4.48. The predicted octanol–water partition coefficient (Wildman–Crippen LogP) is 2.72. The van der Waals surface area contributed by atoms with Gasteiger partial charge < -0.3 is 10.2 Å². The first kappa shape index (κ1) is 14.9. The van der Waals surface area contributed by atoms with Crippen LogP contribution in [0.15, 0.2) is 29.9 Å². The fraction of sp³-hybridized carbons (Fsp3) is 0.467. The molecule has 0 fully saturated rings. The average molecular weight is 290 g/mol. The molecule has 2 aromatic rings. The molecule has 0 saturated heterocycles. The van der Waals surface area contributed by atoms with E-state index < -0.39 is 0 Å². The van der Waals surface area contributed by atoms with E-state index in [1.807, 2.05) is 12.4 Å². The molecule has 2 aromatic heterocycles. The Labute approximate surface area is 124 Å². The molecule has 2 heterocycles. The Morgan fingerprint density at radius 1 is 1.30 bits per heavy atom. The van der Waals surface area contributed by atoms with Crippen LogP contribution in [0.2, 0.25) is 0 Å². The highest BCUT2D eigenvalue weighted by molar-refractivity contribution is 7.09. The highest BCUT2D eigenvalue weighted by atomic mass is 32.1. The lowest BCUT2D eigenvalue weighted by Gasteiger charge is -2.17. The fourth-order valence-corrected chi connectivity index (χ4v) is 2.58. The third-order valence-corrected chi connectivity index (χ3v) is 4.03. The first-order chi connectivity index (χ1) is 9.79. The molecule has 0 radical (unpaired) electrons. The summed E-state index contributed by atoms with van der Waals surface area (Å²) < 4.78 is 0. The molecule has 0 amide bonds. The van der Waals surface area contributed by atoms with Gasteiger partial charge in [0.25, 0.3) is 0 Å². The highest BCUT2D eigenvalue weighted by Gasteiger charge is 2.04. The van der Waals surface area contributed by atoms with E-state index in [1.54, 1.807) is 11.3 Å². The number of aromatic nitrogens is 2. The van der Waals surface area contributed by atoms with E-state index in [9.17, 15) is 0 Å². The fourth-order valence-electron chi connectivity index (χ4n) is 1.88. The van der Waals surface area contributed by atoms with Gasteiger partial charge in [0, 0.05) is 25.0 Å². The Morgan fingerprint density at radius 2 is 2.20 bits per heavy atom. The quantitative estimate of drug-likeness (QED) is 0.759. The van der Waals surface area contributed by atoms with Crippen molar-refractivity contribution in [2.75, 3.05) is 25.0 Å².